The molecule has 0 fully saturated rings. The molecule has 1 amide bonds. The number of amides is 1. The molecule has 33 heavy (non-hydrogen) atoms. The van der Waals surface area contributed by atoms with Gasteiger partial charge in [0.05, 0.1) is 18.1 Å². The molecule has 1 heterocycles. The van der Waals surface area contributed by atoms with Crippen LogP contribution < -0.4 is 24.2 Å². The van der Waals surface area contributed by atoms with E-state index in [0.717, 1.165) is 6.42 Å². The Morgan fingerprint density at radius 2 is 1.67 bits per heavy atom. The van der Waals surface area contributed by atoms with E-state index < -0.39 is 21.7 Å². The van der Waals surface area contributed by atoms with Crippen molar-refractivity contribution < 1.29 is 31.8 Å². The Morgan fingerprint density at radius 3 is 2.42 bits per heavy atom. The first-order valence-electron chi connectivity index (χ1n) is 10.1. The molecule has 1 aliphatic rings. The second-order valence-electron chi connectivity index (χ2n) is 7.14. The van der Waals surface area contributed by atoms with Crippen LogP contribution >= 0.6 is 0 Å². The lowest BCUT2D eigenvalue weighted by Gasteiger charge is -2.12. The summed E-state index contributed by atoms with van der Waals surface area (Å²) in [5.41, 5.74) is 0.762. The van der Waals surface area contributed by atoms with Crippen LogP contribution in [-0.2, 0) is 14.8 Å². The van der Waals surface area contributed by atoms with Crippen molar-refractivity contribution in [3.05, 3.63) is 72.5 Å². The van der Waals surface area contributed by atoms with Crippen LogP contribution in [0.1, 0.15) is 6.42 Å². The van der Waals surface area contributed by atoms with E-state index in [1.54, 1.807) is 24.3 Å². The summed E-state index contributed by atoms with van der Waals surface area (Å²) < 4.78 is 57.5. The van der Waals surface area contributed by atoms with Crippen LogP contribution in [0.15, 0.2) is 71.6 Å². The van der Waals surface area contributed by atoms with Gasteiger partial charge in [-0.1, -0.05) is 6.07 Å². The minimum absolute atomic E-state index is 0.0404. The zero-order valence-corrected chi connectivity index (χ0v) is 18.2. The van der Waals surface area contributed by atoms with E-state index in [1.807, 2.05) is 0 Å². The molecular weight excluding hydrogens is 451 g/mol. The third-order valence-electron chi connectivity index (χ3n) is 4.62. The maximum atomic E-state index is 13.2. The lowest BCUT2D eigenvalue weighted by molar-refractivity contribution is -0.118. The molecule has 2 N–H and O–H groups in total. The lowest BCUT2D eigenvalue weighted by atomic mass is 10.3. The van der Waals surface area contributed by atoms with E-state index in [2.05, 4.69) is 10.0 Å². The number of hydrogen-bond donors (Lipinski definition) is 2. The fourth-order valence-corrected chi connectivity index (χ4v) is 4.12. The number of fused-ring (bicyclic) bond motifs is 1. The van der Waals surface area contributed by atoms with E-state index >= 15 is 0 Å². The molecule has 0 bridgehead atoms. The van der Waals surface area contributed by atoms with E-state index in [4.69, 9.17) is 14.2 Å². The molecule has 0 radical (unpaired) electrons. The van der Waals surface area contributed by atoms with E-state index in [0.29, 0.717) is 36.1 Å². The van der Waals surface area contributed by atoms with Gasteiger partial charge in [0.15, 0.2) is 18.1 Å². The molecule has 10 heteroatoms. The highest BCUT2D eigenvalue weighted by molar-refractivity contribution is 7.92. The van der Waals surface area contributed by atoms with Gasteiger partial charge in [0, 0.05) is 29.9 Å². The zero-order valence-electron chi connectivity index (χ0n) is 17.4. The van der Waals surface area contributed by atoms with Gasteiger partial charge in [0.25, 0.3) is 15.9 Å². The van der Waals surface area contributed by atoms with Gasteiger partial charge in [-0.15, -0.1) is 0 Å². The van der Waals surface area contributed by atoms with Crippen molar-refractivity contribution in [2.24, 2.45) is 0 Å². The first-order chi connectivity index (χ1) is 15.9. The number of hydrogen-bond acceptors (Lipinski definition) is 6. The van der Waals surface area contributed by atoms with Crippen LogP contribution in [0.4, 0.5) is 15.8 Å². The minimum atomic E-state index is -3.86. The molecule has 0 unspecified atom stereocenters. The second-order valence-corrected chi connectivity index (χ2v) is 8.82. The van der Waals surface area contributed by atoms with Crippen LogP contribution in [-0.4, -0.2) is 34.1 Å². The van der Waals surface area contributed by atoms with Crippen molar-refractivity contribution in [1.82, 2.24) is 0 Å². The molecular formula is C23H21FN2O6S. The molecule has 0 saturated carbocycles. The van der Waals surface area contributed by atoms with Crippen molar-refractivity contribution in [1.29, 1.82) is 0 Å². The number of anilines is 2. The van der Waals surface area contributed by atoms with Crippen LogP contribution in [0.3, 0.4) is 0 Å². The van der Waals surface area contributed by atoms with Gasteiger partial charge >= 0.3 is 0 Å². The molecule has 0 spiro atoms. The molecule has 1 aliphatic heterocycles. The first kappa shape index (κ1) is 22.4. The fraction of sp³-hybridized carbons (Fsp3) is 0.174. The third-order valence-corrected chi connectivity index (χ3v) is 6.00. The Labute approximate surface area is 190 Å². The summed E-state index contributed by atoms with van der Waals surface area (Å²) in [7, 11) is -3.86. The molecule has 3 aromatic carbocycles. The Balaban J connectivity index is 1.36. The van der Waals surface area contributed by atoms with Gasteiger partial charge in [0.2, 0.25) is 0 Å². The topological polar surface area (TPSA) is 103 Å². The first-order valence-corrected chi connectivity index (χ1v) is 11.6. The lowest BCUT2D eigenvalue weighted by Crippen LogP contribution is -2.20. The van der Waals surface area contributed by atoms with E-state index in [1.165, 1.54) is 42.5 Å². The summed E-state index contributed by atoms with van der Waals surface area (Å²) in [6.07, 6.45) is 0.717. The molecule has 0 aromatic heterocycles. The van der Waals surface area contributed by atoms with E-state index in [-0.39, 0.29) is 17.3 Å². The summed E-state index contributed by atoms with van der Waals surface area (Å²) in [6.45, 7) is 0.656. The van der Waals surface area contributed by atoms with Gasteiger partial charge < -0.3 is 19.5 Å². The number of benzene rings is 3. The van der Waals surface area contributed by atoms with E-state index in [9.17, 15) is 17.6 Å². The molecule has 0 aliphatic carbocycles. The number of carbonyl (C=O) groups excluding carboxylic acids is 1. The van der Waals surface area contributed by atoms with Crippen LogP contribution in [0.2, 0.25) is 0 Å². The predicted octanol–water partition coefficient (Wildman–Crippen LogP) is 3.81. The average Bonchev–Trinajstić information content (AvgIpc) is 3.04. The largest absolute Gasteiger partial charge is 0.490 e. The van der Waals surface area contributed by atoms with Crippen molar-refractivity contribution in [3.8, 4) is 17.2 Å². The summed E-state index contributed by atoms with van der Waals surface area (Å²) >= 11 is 0. The second kappa shape index (κ2) is 9.78. The smallest absolute Gasteiger partial charge is 0.262 e. The maximum absolute atomic E-state index is 13.2. The summed E-state index contributed by atoms with van der Waals surface area (Å²) in [5, 5.41) is 2.62. The normalized spacial score (nSPS) is 13.0. The Hall–Kier alpha value is -3.79. The van der Waals surface area contributed by atoms with Crippen molar-refractivity contribution >= 4 is 27.3 Å². The standard InChI is InChI=1S/C23H21FN2O6S/c24-16-3-1-4-19(13-16)32-15-23(27)25-17-5-7-18(8-6-17)26-33(28,29)20-9-10-21-22(14-20)31-12-2-11-30-21/h1,3-10,13-14,26H,2,11-12,15H2,(H,25,27). The maximum Gasteiger partial charge on any atom is 0.262 e. The van der Waals surface area contributed by atoms with Gasteiger partial charge in [-0.3, -0.25) is 9.52 Å². The third kappa shape index (κ3) is 5.92. The molecule has 4 rings (SSSR count). The monoisotopic (exact) mass is 472 g/mol. The van der Waals surface area contributed by atoms with Gasteiger partial charge in [-0.05, 0) is 48.5 Å². The van der Waals surface area contributed by atoms with Crippen molar-refractivity contribution in [2.75, 3.05) is 29.9 Å². The van der Waals surface area contributed by atoms with Gasteiger partial charge in [-0.2, -0.15) is 0 Å². The minimum Gasteiger partial charge on any atom is -0.490 e. The van der Waals surface area contributed by atoms with Crippen LogP contribution in [0.25, 0.3) is 0 Å². The SMILES string of the molecule is O=C(COc1cccc(F)c1)Nc1ccc(NS(=O)(=O)c2ccc3c(c2)OCCCO3)cc1. The molecule has 172 valence electrons. The summed E-state index contributed by atoms with van der Waals surface area (Å²) in [5.74, 6) is 0.226. The van der Waals surface area contributed by atoms with Gasteiger partial charge in [-0.25, -0.2) is 12.8 Å². The van der Waals surface area contributed by atoms with Crippen molar-refractivity contribution in [3.63, 3.8) is 0 Å². The molecule has 0 saturated heterocycles. The van der Waals surface area contributed by atoms with Crippen LogP contribution in [0, 0.1) is 5.82 Å². The number of nitrogens with one attached hydrogen (secondary N) is 2. The number of rotatable bonds is 7. The highest BCUT2D eigenvalue weighted by atomic mass is 32.2. The van der Waals surface area contributed by atoms with Crippen molar-refractivity contribution in [2.45, 2.75) is 11.3 Å². The molecule has 0 atom stereocenters. The summed E-state index contributed by atoms with van der Waals surface area (Å²) in [4.78, 5) is 12.1. The number of halogens is 1. The Morgan fingerprint density at radius 1 is 0.939 bits per heavy atom. The number of sulfonamides is 1. The predicted molar refractivity (Wildman–Crippen MR) is 120 cm³/mol. The highest BCUT2D eigenvalue weighted by Crippen LogP contribution is 2.32. The quantitative estimate of drug-likeness (QED) is 0.542. The molecule has 8 nitrogen and oxygen atoms in total. The van der Waals surface area contributed by atoms with Gasteiger partial charge in [0.1, 0.15) is 11.6 Å². The summed E-state index contributed by atoms with van der Waals surface area (Å²) in [6, 6.07) is 16.1. The Kier molecular flexibility index (Phi) is 6.64. The fourth-order valence-electron chi connectivity index (χ4n) is 3.05. The molecule has 3 aromatic rings. The number of ether oxygens (including phenoxy) is 3. The zero-order chi connectivity index (χ0) is 23.3. The Bertz CT molecular complexity index is 1250. The van der Waals surface area contributed by atoms with Crippen LogP contribution in [0.5, 0.6) is 17.2 Å². The average molecular weight is 472 g/mol. The highest BCUT2D eigenvalue weighted by Gasteiger charge is 2.19. The number of carbonyl (C=O) groups is 1.